The lowest BCUT2D eigenvalue weighted by Gasteiger charge is -2.17. The molecule has 1 aliphatic rings. The Labute approximate surface area is 109 Å². The van der Waals surface area contributed by atoms with Crippen molar-refractivity contribution in [1.82, 2.24) is 10.5 Å². The van der Waals surface area contributed by atoms with E-state index in [2.05, 4.69) is 26.4 Å². The summed E-state index contributed by atoms with van der Waals surface area (Å²) in [5.41, 5.74) is 0.540. The molecular formula is C12H17BrN2O2. The first-order valence-electron chi connectivity index (χ1n) is 5.97. The number of nitrogens with zero attached hydrogens (tertiary/aromatic N) is 1. The van der Waals surface area contributed by atoms with Gasteiger partial charge in [0.1, 0.15) is 11.3 Å². The molecule has 0 aromatic carbocycles. The molecule has 5 heteroatoms. The summed E-state index contributed by atoms with van der Waals surface area (Å²) in [6.45, 7) is 2.50. The number of hydrogen-bond donors (Lipinski definition) is 1. The Morgan fingerprint density at radius 1 is 1.59 bits per heavy atom. The number of nitrogens with one attached hydrogen (secondary N) is 1. The minimum atomic E-state index is -0.0797. The molecule has 2 unspecified atom stereocenters. The van der Waals surface area contributed by atoms with E-state index in [0.717, 1.165) is 11.9 Å². The smallest absolute Gasteiger partial charge is 0.256 e. The Balaban J connectivity index is 1.86. The number of rotatable bonds is 4. The van der Waals surface area contributed by atoms with Crippen molar-refractivity contribution in [2.75, 3.05) is 11.9 Å². The predicted octanol–water partition coefficient (Wildman–Crippen LogP) is 2.52. The van der Waals surface area contributed by atoms with Crippen molar-refractivity contribution in [3.63, 3.8) is 0 Å². The van der Waals surface area contributed by atoms with Crippen LogP contribution in [-0.4, -0.2) is 22.9 Å². The van der Waals surface area contributed by atoms with E-state index in [1.54, 1.807) is 6.92 Å². The molecule has 1 saturated carbocycles. The Morgan fingerprint density at radius 2 is 2.35 bits per heavy atom. The number of alkyl halides is 1. The number of halogens is 1. The fourth-order valence-corrected chi connectivity index (χ4v) is 3.27. The second-order valence-electron chi connectivity index (χ2n) is 4.61. The Kier molecular flexibility index (Phi) is 4.20. The summed E-state index contributed by atoms with van der Waals surface area (Å²) in [5.74, 6) is 1.78. The summed E-state index contributed by atoms with van der Waals surface area (Å²) in [7, 11) is 0. The van der Waals surface area contributed by atoms with Gasteiger partial charge in [-0.05, 0) is 31.6 Å². The zero-order chi connectivity index (χ0) is 12.3. The van der Waals surface area contributed by atoms with Crippen molar-refractivity contribution in [1.29, 1.82) is 0 Å². The molecule has 0 aliphatic heterocycles. The third-order valence-corrected chi connectivity index (χ3v) is 4.37. The van der Waals surface area contributed by atoms with Crippen molar-refractivity contribution in [3.8, 4) is 0 Å². The minimum absolute atomic E-state index is 0.0797. The van der Waals surface area contributed by atoms with Crippen LogP contribution in [0.5, 0.6) is 0 Å². The van der Waals surface area contributed by atoms with Gasteiger partial charge in [0.15, 0.2) is 0 Å². The monoisotopic (exact) mass is 300 g/mol. The quantitative estimate of drug-likeness (QED) is 0.869. The van der Waals surface area contributed by atoms with Crippen molar-refractivity contribution in [3.05, 3.63) is 17.5 Å². The van der Waals surface area contributed by atoms with E-state index in [-0.39, 0.29) is 5.91 Å². The number of amides is 1. The van der Waals surface area contributed by atoms with Crippen molar-refractivity contribution in [2.45, 2.75) is 26.2 Å². The van der Waals surface area contributed by atoms with E-state index in [9.17, 15) is 4.79 Å². The molecular weight excluding hydrogens is 284 g/mol. The van der Waals surface area contributed by atoms with Crippen LogP contribution >= 0.6 is 15.9 Å². The minimum Gasteiger partial charge on any atom is -0.361 e. The van der Waals surface area contributed by atoms with Crippen LogP contribution in [-0.2, 0) is 0 Å². The van der Waals surface area contributed by atoms with Crippen LogP contribution in [0.4, 0.5) is 0 Å². The third-order valence-electron chi connectivity index (χ3n) is 3.53. The molecule has 0 bridgehead atoms. The average molecular weight is 301 g/mol. The highest BCUT2D eigenvalue weighted by atomic mass is 79.9. The van der Waals surface area contributed by atoms with Crippen LogP contribution in [0, 0.1) is 18.8 Å². The summed E-state index contributed by atoms with van der Waals surface area (Å²) in [6.07, 6.45) is 5.21. The molecule has 0 spiro atoms. The molecule has 1 N–H and O–H groups in total. The second-order valence-corrected chi connectivity index (χ2v) is 5.26. The van der Waals surface area contributed by atoms with Gasteiger partial charge in [-0.25, -0.2) is 0 Å². The van der Waals surface area contributed by atoms with Crippen LogP contribution < -0.4 is 5.32 Å². The van der Waals surface area contributed by atoms with E-state index < -0.39 is 0 Å². The van der Waals surface area contributed by atoms with E-state index >= 15 is 0 Å². The Hall–Kier alpha value is -0.840. The van der Waals surface area contributed by atoms with E-state index in [4.69, 9.17) is 4.52 Å². The molecule has 1 heterocycles. The molecule has 1 amide bonds. The van der Waals surface area contributed by atoms with Gasteiger partial charge >= 0.3 is 0 Å². The number of aryl methyl sites for hydroxylation is 1. The van der Waals surface area contributed by atoms with Crippen LogP contribution in [0.15, 0.2) is 10.7 Å². The van der Waals surface area contributed by atoms with Gasteiger partial charge in [-0.3, -0.25) is 4.79 Å². The molecule has 0 radical (unpaired) electrons. The zero-order valence-corrected chi connectivity index (χ0v) is 11.5. The first-order valence-corrected chi connectivity index (χ1v) is 7.10. The van der Waals surface area contributed by atoms with Gasteiger partial charge in [0, 0.05) is 11.9 Å². The van der Waals surface area contributed by atoms with Gasteiger partial charge in [0.2, 0.25) is 0 Å². The van der Waals surface area contributed by atoms with Crippen LogP contribution in [0.2, 0.25) is 0 Å². The maximum Gasteiger partial charge on any atom is 0.256 e. The Morgan fingerprint density at radius 3 is 3.00 bits per heavy atom. The molecule has 2 rings (SSSR count). The number of carbonyl (C=O) groups is 1. The summed E-state index contributed by atoms with van der Waals surface area (Å²) in [4.78, 5) is 11.9. The fourth-order valence-electron chi connectivity index (χ4n) is 2.42. The van der Waals surface area contributed by atoms with Gasteiger partial charge < -0.3 is 9.84 Å². The summed E-state index contributed by atoms with van der Waals surface area (Å²) in [6, 6.07) is 0. The van der Waals surface area contributed by atoms with Crippen molar-refractivity contribution in [2.24, 2.45) is 11.8 Å². The lowest BCUT2D eigenvalue weighted by Crippen LogP contribution is -2.31. The standard InChI is InChI=1S/C12H17BrN2O2/c1-8-11(7-15-17-8)12(16)14-6-10-4-2-3-9(10)5-13/h7,9-10H,2-6H2,1H3,(H,14,16). The fraction of sp³-hybridized carbons (Fsp3) is 0.667. The number of hydrogen-bond acceptors (Lipinski definition) is 3. The topological polar surface area (TPSA) is 55.1 Å². The molecule has 17 heavy (non-hydrogen) atoms. The first kappa shape index (κ1) is 12.6. The number of carbonyl (C=O) groups excluding carboxylic acids is 1. The molecule has 2 atom stereocenters. The molecule has 1 aliphatic carbocycles. The largest absolute Gasteiger partial charge is 0.361 e. The van der Waals surface area contributed by atoms with E-state index in [1.165, 1.54) is 25.5 Å². The summed E-state index contributed by atoms with van der Waals surface area (Å²) < 4.78 is 4.88. The second kappa shape index (κ2) is 5.67. The number of aromatic nitrogens is 1. The lowest BCUT2D eigenvalue weighted by atomic mass is 9.98. The van der Waals surface area contributed by atoms with Gasteiger partial charge in [0.05, 0.1) is 6.20 Å². The zero-order valence-electron chi connectivity index (χ0n) is 9.91. The maximum atomic E-state index is 11.9. The SMILES string of the molecule is Cc1oncc1C(=O)NCC1CCCC1CBr. The molecule has 1 fully saturated rings. The molecule has 1 aromatic heterocycles. The van der Waals surface area contributed by atoms with E-state index in [0.29, 0.717) is 23.2 Å². The summed E-state index contributed by atoms with van der Waals surface area (Å²) in [5, 5.41) is 7.61. The highest BCUT2D eigenvalue weighted by molar-refractivity contribution is 9.09. The van der Waals surface area contributed by atoms with Crippen molar-refractivity contribution >= 4 is 21.8 Å². The van der Waals surface area contributed by atoms with Crippen molar-refractivity contribution < 1.29 is 9.32 Å². The summed E-state index contributed by atoms with van der Waals surface area (Å²) >= 11 is 3.54. The molecule has 4 nitrogen and oxygen atoms in total. The Bertz CT molecular complexity index is 392. The van der Waals surface area contributed by atoms with Gasteiger partial charge in [-0.15, -0.1) is 0 Å². The van der Waals surface area contributed by atoms with Crippen LogP contribution in [0.1, 0.15) is 35.4 Å². The normalized spacial score (nSPS) is 23.9. The highest BCUT2D eigenvalue weighted by Crippen LogP contribution is 2.32. The first-order chi connectivity index (χ1) is 8.22. The average Bonchev–Trinajstić information content (AvgIpc) is 2.94. The highest BCUT2D eigenvalue weighted by Gasteiger charge is 2.26. The predicted molar refractivity (Wildman–Crippen MR) is 68.2 cm³/mol. The van der Waals surface area contributed by atoms with Crippen LogP contribution in [0.3, 0.4) is 0 Å². The van der Waals surface area contributed by atoms with Gasteiger partial charge in [0.25, 0.3) is 5.91 Å². The van der Waals surface area contributed by atoms with E-state index in [1.807, 2.05) is 0 Å². The third kappa shape index (κ3) is 2.89. The van der Waals surface area contributed by atoms with Gasteiger partial charge in [-0.1, -0.05) is 27.5 Å². The molecule has 1 aromatic rings. The molecule has 0 saturated heterocycles. The lowest BCUT2D eigenvalue weighted by molar-refractivity contribution is 0.0943. The molecule has 94 valence electrons. The maximum absolute atomic E-state index is 11.9. The van der Waals surface area contributed by atoms with Gasteiger partial charge in [-0.2, -0.15) is 0 Å². The van der Waals surface area contributed by atoms with Crippen LogP contribution in [0.25, 0.3) is 0 Å².